The Bertz CT molecular complexity index is 690. The Morgan fingerprint density at radius 3 is 2.65 bits per heavy atom. The first-order chi connectivity index (χ1) is 9.53. The molecule has 0 saturated heterocycles. The molecule has 0 bridgehead atoms. The largest absolute Gasteiger partial charge is 0.392 e. The third-order valence-corrected chi connectivity index (χ3v) is 4.07. The van der Waals surface area contributed by atoms with Gasteiger partial charge in [-0.15, -0.1) is 0 Å². The van der Waals surface area contributed by atoms with Gasteiger partial charge in [-0.1, -0.05) is 12.1 Å². The average molecular weight is 296 g/mol. The number of hydrogen-bond donors (Lipinski definition) is 2. The minimum Gasteiger partial charge on any atom is -0.392 e. The molecule has 1 aromatic carbocycles. The molecule has 20 heavy (non-hydrogen) atoms. The highest BCUT2D eigenvalue weighted by Crippen LogP contribution is 2.16. The van der Waals surface area contributed by atoms with Crippen molar-refractivity contribution in [2.75, 3.05) is 0 Å². The molecule has 2 aromatic rings. The molecule has 1 heterocycles. The lowest BCUT2D eigenvalue weighted by molar-refractivity contribution is 0.281. The van der Waals surface area contributed by atoms with Crippen molar-refractivity contribution < 1.29 is 17.9 Å². The summed E-state index contributed by atoms with van der Waals surface area (Å²) in [5, 5.41) is 8.87. The van der Waals surface area contributed by atoms with Crippen LogP contribution >= 0.6 is 0 Å². The zero-order valence-electron chi connectivity index (χ0n) is 10.5. The van der Waals surface area contributed by atoms with E-state index >= 15 is 0 Å². The maximum Gasteiger partial charge on any atom is 0.243 e. The molecule has 0 aliphatic rings. The first kappa shape index (κ1) is 14.6. The van der Waals surface area contributed by atoms with E-state index in [1.807, 2.05) is 0 Å². The second-order valence-corrected chi connectivity index (χ2v) is 5.80. The highest BCUT2D eigenvalue weighted by Gasteiger charge is 2.19. The van der Waals surface area contributed by atoms with Crippen LogP contribution in [0.15, 0.2) is 47.5 Å². The first-order valence-corrected chi connectivity index (χ1v) is 7.30. The van der Waals surface area contributed by atoms with Gasteiger partial charge in [-0.05, 0) is 29.8 Å². The van der Waals surface area contributed by atoms with Gasteiger partial charge in [0.2, 0.25) is 10.0 Å². The summed E-state index contributed by atoms with van der Waals surface area (Å²) < 4.78 is 40.0. The van der Waals surface area contributed by atoms with Crippen LogP contribution in [0.2, 0.25) is 0 Å². The van der Waals surface area contributed by atoms with E-state index in [1.54, 1.807) is 24.4 Å². The van der Waals surface area contributed by atoms with E-state index in [4.69, 9.17) is 5.11 Å². The van der Waals surface area contributed by atoms with Gasteiger partial charge in [0.1, 0.15) is 10.7 Å². The van der Waals surface area contributed by atoms with Gasteiger partial charge in [-0.25, -0.2) is 17.5 Å². The highest BCUT2D eigenvalue weighted by atomic mass is 32.2. The van der Waals surface area contributed by atoms with Crippen molar-refractivity contribution in [1.82, 2.24) is 9.71 Å². The van der Waals surface area contributed by atoms with Gasteiger partial charge >= 0.3 is 0 Å². The lowest BCUT2D eigenvalue weighted by atomic mass is 10.2. The molecule has 0 unspecified atom stereocenters. The quantitative estimate of drug-likeness (QED) is 0.868. The SMILES string of the molecule is O=S(=O)(NCc1ccccn1)c1ccc(CO)cc1F. The van der Waals surface area contributed by atoms with Gasteiger partial charge in [0.25, 0.3) is 0 Å². The van der Waals surface area contributed by atoms with Crippen LogP contribution in [0.1, 0.15) is 11.3 Å². The number of hydrogen-bond acceptors (Lipinski definition) is 4. The molecule has 0 atom stereocenters. The van der Waals surface area contributed by atoms with Crippen LogP contribution in [0.25, 0.3) is 0 Å². The summed E-state index contributed by atoms with van der Waals surface area (Å²) in [4.78, 5) is 3.52. The number of aromatic nitrogens is 1. The fourth-order valence-corrected chi connectivity index (χ4v) is 2.67. The Balaban J connectivity index is 2.18. The number of rotatable bonds is 5. The topological polar surface area (TPSA) is 79.3 Å². The van der Waals surface area contributed by atoms with Crippen molar-refractivity contribution >= 4 is 10.0 Å². The molecule has 2 rings (SSSR count). The molecule has 0 aliphatic heterocycles. The molecular formula is C13H13FN2O3S. The average Bonchev–Trinajstić information content (AvgIpc) is 2.46. The number of benzene rings is 1. The van der Waals surface area contributed by atoms with Gasteiger partial charge < -0.3 is 5.11 Å². The second kappa shape index (κ2) is 6.08. The maximum atomic E-state index is 13.7. The van der Waals surface area contributed by atoms with Crippen LogP contribution in [-0.2, 0) is 23.2 Å². The predicted molar refractivity (Wildman–Crippen MR) is 70.6 cm³/mol. The molecule has 7 heteroatoms. The Labute approximate surface area is 116 Å². The fraction of sp³-hybridized carbons (Fsp3) is 0.154. The van der Waals surface area contributed by atoms with Crippen LogP contribution in [0.4, 0.5) is 4.39 Å². The standard InChI is InChI=1S/C13H13FN2O3S/c14-12-7-10(9-17)4-5-13(12)20(18,19)16-8-11-3-1-2-6-15-11/h1-7,16-17H,8-9H2. The number of pyridine rings is 1. The number of nitrogens with one attached hydrogen (secondary N) is 1. The summed E-state index contributed by atoms with van der Waals surface area (Å²) in [5.74, 6) is -0.898. The van der Waals surface area contributed by atoms with Crippen LogP contribution < -0.4 is 4.72 Å². The third-order valence-electron chi connectivity index (χ3n) is 2.64. The van der Waals surface area contributed by atoms with Crippen molar-refractivity contribution in [3.05, 3.63) is 59.7 Å². The highest BCUT2D eigenvalue weighted by molar-refractivity contribution is 7.89. The summed E-state index contributed by atoms with van der Waals surface area (Å²) in [7, 11) is -3.96. The Morgan fingerprint density at radius 1 is 1.25 bits per heavy atom. The maximum absolute atomic E-state index is 13.7. The number of halogens is 1. The van der Waals surface area contributed by atoms with Crippen molar-refractivity contribution in [2.24, 2.45) is 0 Å². The third kappa shape index (κ3) is 3.38. The molecule has 0 aliphatic carbocycles. The molecule has 0 fully saturated rings. The first-order valence-electron chi connectivity index (χ1n) is 5.82. The molecule has 106 valence electrons. The zero-order chi connectivity index (χ0) is 14.6. The van der Waals surface area contributed by atoms with E-state index in [0.29, 0.717) is 11.3 Å². The normalized spacial score (nSPS) is 11.5. The Morgan fingerprint density at radius 2 is 2.05 bits per heavy atom. The summed E-state index contributed by atoms with van der Waals surface area (Å²) in [6, 6.07) is 8.58. The smallest absolute Gasteiger partial charge is 0.243 e. The van der Waals surface area contributed by atoms with Gasteiger partial charge in [0, 0.05) is 6.20 Å². The van der Waals surface area contributed by atoms with E-state index < -0.39 is 20.7 Å². The van der Waals surface area contributed by atoms with Gasteiger partial charge in [-0.3, -0.25) is 4.98 Å². The fourth-order valence-electron chi connectivity index (χ4n) is 1.61. The predicted octanol–water partition coefficient (Wildman–Crippen LogP) is 1.19. The van der Waals surface area contributed by atoms with Gasteiger partial charge in [-0.2, -0.15) is 0 Å². The van der Waals surface area contributed by atoms with Crippen LogP contribution in [0.5, 0.6) is 0 Å². The molecule has 0 radical (unpaired) electrons. The van der Waals surface area contributed by atoms with Crippen molar-refractivity contribution in [3.8, 4) is 0 Å². The minimum atomic E-state index is -3.96. The van der Waals surface area contributed by atoms with E-state index in [0.717, 1.165) is 12.1 Å². The summed E-state index contributed by atoms with van der Waals surface area (Å²) in [6.45, 7) is -0.372. The van der Waals surface area contributed by atoms with E-state index in [2.05, 4.69) is 9.71 Å². The van der Waals surface area contributed by atoms with Gasteiger partial charge in [0.15, 0.2) is 0 Å². The zero-order valence-corrected chi connectivity index (χ0v) is 11.3. The Kier molecular flexibility index (Phi) is 4.43. The number of aliphatic hydroxyl groups is 1. The summed E-state index contributed by atoms with van der Waals surface area (Å²) in [6.07, 6.45) is 1.54. The lowest BCUT2D eigenvalue weighted by Crippen LogP contribution is -2.24. The molecule has 1 aromatic heterocycles. The van der Waals surface area contributed by atoms with Crippen LogP contribution in [0.3, 0.4) is 0 Å². The van der Waals surface area contributed by atoms with E-state index in [1.165, 1.54) is 6.07 Å². The second-order valence-electron chi connectivity index (χ2n) is 4.07. The van der Waals surface area contributed by atoms with Crippen molar-refractivity contribution in [3.63, 3.8) is 0 Å². The van der Waals surface area contributed by atoms with Crippen molar-refractivity contribution in [1.29, 1.82) is 0 Å². The Hall–Kier alpha value is -1.83. The molecule has 5 nitrogen and oxygen atoms in total. The molecule has 0 saturated carbocycles. The van der Waals surface area contributed by atoms with Crippen LogP contribution in [0, 0.1) is 5.82 Å². The molecular weight excluding hydrogens is 283 g/mol. The van der Waals surface area contributed by atoms with Gasteiger partial charge in [0.05, 0.1) is 18.8 Å². The molecule has 0 amide bonds. The van der Waals surface area contributed by atoms with E-state index in [9.17, 15) is 12.8 Å². The van der Waals surface area contributed by atoms with E-state index in [-0.39, 0.29) is 13.2 Å². The van der Waals surface area contributed by atoms with Crippen molar-refractivity contribution in [2.45, 2.75) is 18.0 Å². The summed E-state index contributed by atoms with van der Waals surface area (Å²) >= 11 is 0. The molecule has 2 N–H and O–H groups in total. The van der Waals surface area contributed by atoms with Crippen LogP contribution in [-0.4, -0.2) is 18.5 Å². The number of sulfonamides is 1. The monoisotopic (exact) mass is 296 g/mol. The minimum absolute atomic E-state index is 0.0234. The molecule has 0 spiro atoms. The lowest BCUT2D eigenvalue weighted by Gasteiger charge is -2.08. The number of nitrogens with zero attached hydrogens (tertiary/aromatic N) is 1. The summed E-state index contributed by atoms with van der Waals surface area (Å²) in [5.41, 5.74) is 0.842. The number of aliphatic hydroxyl groups excluding tert-OH is 1.